The monoisotopic (exact) mass is 632 g/mol. The molecule has 0 N–H and O–H groups in total. The van der Waals surface area contributed by atoms with Gasteiger partial charge in [-0.25, -0.2) is 19.0 Å². The first-order valence-electron chi connectivity index (χ1n) is 14.9. The van der Waals surface area contributed by atoms with Crippen molar-refractivity contribution in [2.75, 3.05) is 31.6 Å². The highest BCUT2D eigenvalue weighted by atomic mass is 32.2. The van der Waals surface area contributed by atoms with Crippen LogP contribution in [0.5, 0.6) is 5.88 Å². The zero-order valence-corrected chi connectivity index (χ0v) is 25.5. The van der Waals surface area contributed by atoms with Crippen molar-refractivity contribution >= 4 is 21.7 Å². The van der Waals surface area contributed by atoms with Gasteiger partial charge in [-0.1, -0.05) is 12.5 Å². The van der Waals surface area contributed by atoms with E-state index in [1.54, 1.807) is 37.4 Å². The lowest BCUT2D eigenvalue weighted by Crippen LogP contribution is -2.36. The maximum atomic E-state index is 13.9. The summed E-state index contributed by atoms with van der Waals surface area (Å²) in [7, 11) is -3.01. The molecular weight excluding hydrogens is 597 g/mol. The van der Waals surface area contributed by atoms with E-state index in [-0.39, 0.29) is 42.3 Å². The first-order valence-corrected chi connectivity index (χ1v) is 16.3. The molecule has 6 rings (SSSR count). The van der Waals surface area contributed by atoms with Crippen LogP contribution in [0.2, 0.25) is 0 Å². The second-order valence-electron chi connectivity index (χ2n) is 12.1. The largest absolute Gasteiger partial charge is 0.477 e. The third kappa shape index (κ3) is 5.75. The van der Waals surface area contributed by atoms with Crippen molar-refractivity contribution in [3.8, 4) is 11.7 Å². The van der Waals surface area contributed by atoms with Crippen molar-refractivity contribution in [2.45, 2.75) is 69.5 Å². The summed E-state index contributed by atoms with van der Waals surface area (Å²) >= 11 is 0. The number of ether oxygens (including phenoxy) is 1. The van der Waals surface area contributed by atoms with Crippen molar-refractivity contribution in [3.05, 3.63) is 53.3 Å². The Balaban J connectivity index is 1.31. The summed E-state index contributed by atoms with van der Waals surface area (Å²) in [5.74, 6) is 0.580. The van der Waals surface area contributed by atoms with Gasteiger partial charge in [-0.15, -0.1) is 5.10 Å². The molecule has 1 atom stereocenters. The summed E-state index contributed by atoms with van der Waals surface area (Å²) in [5, 5.41) is 4.19. The minimum Gasteiger partial charge on any atom is -0.477 e. The Hall–Kier alpha value is -3.68. The Bertz CT molecular complexity index is 1670. The maximum Gasteiger partial charge on any atom is 0.394 e. The zero-order valence-electron chi connectivity index (χ0n) is 24.7. The van der Waals surface area contributed by atoms with E-state index in [1.165, 1.54) is 17.8 Å². The van der Waals surface area contributed by atoms with Gasteiger partial charge in [0.05, 0.1) is 17.6 Å². The van der Waals surface area contributed by atoms with E-state index in [1.807, 2.05) is 4.90 Å². The Morgan fingerprint density at radius 2 is 1.91 bits per heavy atom. The number of hydrogen-bond donors (Lipinski definition) is 0. The number of anilines is 1. The molecule has 1 saturated carbocycles. The number of sulfonamides is 1. The van der Waals surface area contributed by atoms with Crippen LogP contribution in [0.15, 0.2) is 41.6 Å². The van der Waals surface area contributed by atoms with Gasteiger partial charge in [0, 0.05) is 38.1 Å². The van der Waals surface area contributed by atoms with Crippen molar-refractivity contribution in [1.29, 1.82) is 0 Å². The van der Waals surface area contributed by atoms with Gasteiger partial charge >= 0.3 is 6.18 Å². The average molecular weight is 633 g/mol. The van der Waals surface area contributed by atoms with Crippen LogP contribution in [0.4, 0.5) is 19.0 Å². The van der Waals surface area contributed by atoms with Crippen LogP contribution in [0.25, 0.3) is 5.82 Å². The molecular formula is C30H35F3N6O4S. The number of nitrogens with zero attached hydrogens (tertiary/aromatic N) is 6. The fourth-order valence-corrected chi connectivity index (χ4v) is 7.16. The lowest BCUT2D eigenvalue weighted by molar-refractivity contribution is -0.190. The van der Waals surface area contributed by atoms with Crippen LogP contribution >= 0.6 is 0 Å². The number of halogens is 3. The minimum absolute atomic E-state index is 0.113. The molecule has 5 heterocycles. The van der Waals surface area contributed by atoms with Crippen molar-refractivity contribution < 1.29 is 31.1 Å². The third-order valence-corrected chi connectivity index (χ3v) is 10.7. The second-order valence-corrected chi connectivity index (χ2v) is 14.0. The molecule has 0 aromatic carbocycles. The van der Waals surface area contributed by atoms with Crippen LogP contribution in [-0.4, -0.2) is 71.3 Å². The van der Waals surface area contributed by atoms with Crippen LogP contribution < -0.4 is 9.64 Å². The molecule has 3 aromatic heterocycles. The third-order valence-electron chi connectivity index (χ3n) is 9.06. The van der Waals surface area contributed by atoms with Gasteiger partial charge in [-0.05, 0) is 81.5 Å². The van der Waals surface area contributed by atoms with Crippen molar-refractivity contribution in [2.24, 2.45) is 11.3 Å². The number of aryl methyl sites for hydroxylation is 2. The topological polar surface area (TPSA) is 111 Å². The first kappa shape index (κ1) is 30.4. The highest BCUT2D eigenvalue weighted by Crippen LogP contribution is 2.59. The quantitative estimate of drug-likeness (QED) is 0.383. The van der Waals surface area contributed by atoms with Crippen LogP contribution in [0, 0.1) is 18.3 Å². The van der Waals surface area contributed by atoms with Crippen molar-refractivity contribution in [1.82, 2.24) is 24.1 Å². The van der Waals surface area contributed by atoms with E-state index in [0.717, 1.165) is 30.0 Å². The van der Waals surface area contributed by atoms with Crippen LogP contribution in [0.1, 0.15) is 66.6 Å². The summed E-state index contributed by atoms with van der Waals surface area (Å²) in [6.07, 6.45) is 1.85. The predicted octanol–water partition coefficient (Wildman–Crippen LogP) is 5.10. The summed E-state index contributed by atoms with van der Waals surface area (Å²) in [6, 6.07) is 8.04. The van der Waals surface area contributed by atoms with Gasteiger partial charge in [0.1, 0.15) is 5.82 Å². The summed E-state index contributed by atoms with van der Waals surface area (Å²) < 4.78 is 74.7. The number of aromatic nitrogens is 4. The minimum atomic E-state index is -4.24. The molecule has 0 radical (unpaired) electrons. The summed E-state index contributed by atoms with van der Waals surface area (Å²) in [5.41, 5.74) is -0.300. The Morgan fingerprint density at radius 1 is 1.11 bits per heavy atom. The lowest BCUT2D eigenvalue weighted by atomic mass is 10.00. The predicted molar refractivity (Wildman–Crippen MR) is 155 cm³/mol. The van der Waals surface area contributed by atoms with E-state index >= 15 is 0 Å². The Kier molecular flexibility index (Phi) is 7.83. The zero-order chi connectivity index (χ0) is 31.3. The number of amides is 1. The molecule has 14 heteroatoms. The van der Waals surface area contributed by atoms with E-state index in [0.29, 0.717) is 48.3 Å². The fourth-order valence-electron chi connectivity index (χ4n) is 6.09. The van der Waals surface area contributed by atoms with E-state index < -0.39 is 27.5 Å². The molecule has 0 spiro atoms. The molecule has 236 valence electrons. The van der Waals surface area contributed by atoms with Gasteiger partial charge in [0.25, 0.3) is 15.9 Å². The number of alkyl halides is 3. The number of carbonyl (C=O) groups is 1. The van der Waals surface area contributed by atoms with Gasteiger partial charge in [0.2, 0.25) is 5.88 Å². The molecule has 4 bridgehead atoms. The second kappa shape index (κ2) is 11.4. The fraction of sp³-hybridized carbons (Fsp3) is 0.533. The molecule has 44 heavy (non-hydrogen) atoms. The van der Waals surface area contributed by atoms with Gasteiger partial charge in [-0.3, -0.25) is 4.79 Å². The smallest absolute Gasteiger partial charge is 0.394 e. The number of hydrogen-bond acceptors (Lipinski definition) is 8. The molecule has 2 fully saturated rings. The van der Waals surface area contributed by atoms with E-state index in [2.05, 4.69) is 10.1 Å². The van der Waals surface area contributed by atoms with Gasteiger partial charge < -0.3 is 9.64 Å². The molecule has 3 aromatic rings. The Labute approximate surface area is 254 Å². The normalized spacial score (nSPS) is 21.4. The standard InChI is InChI=1S/C30H35F3N6O4S/c1-20-18-23(39-16-11-24(36-39)43-17-14-29(12-13-29)30(31,32)33)35-27-26(20)28(40)37(2)44(41,42)25-9-5-8-22(34-25)7-4-3-6-21-10-15-38(27)19-21/h5,8-9,11,16,18,21H,3-4,6-7,10,12-15,17,19H2,1-2H3. The summed E-state index contributed by atoms with van der Waals surface area (Å²) in [6.45, 7) is 2.94. The molecule has 10 nitrogen and oxygen atoms in total. The van der Waals surface area contributed by atoms with Crippen molar-refractivity contribution in [3.63, 3.8) is 0 Å². The molecule has 3 aliphatic rings. The molecule has 1 unspecified atom stereocenters. The number of carbonyl (C=O) groups excluding carboxylic acids is 1. The highest BCUT2D eigenvalue weighted by Gasteiger charge is 2.62. The van der Waals surface area contributed by atoms with E-state index in [9.17, 15) is 26.4 Å². The van der Waals surface area contributed by atoms with Gasteiger partial charge in [-0.2, -0.15) is 21.6 Å². The summed E-state index contributed by atoms with van der Waals surface area (Å²) in [4.78, 5) is 25.1. The lowest BCUT2D eigenvalue weighted by Gasteiger charge is -2.25. The molecule has 2 aliphatic heterocycles. The Morgan fingerprint density at radius 3 is 2.66 bits per heavy atom. The first-order chi connectivity index (χ1) is 20.9. The SMILES string of the molecule is Cc1cc(-n2ccc(OCCC3(C(F)(F)F)CC3)n2)nc2c1C(=O)N(C)S(=O)(=O)c1cccc(n1)CCCCC1CCN2C1. The maximum absolute atomic E-state index is 13.9. The number of rotatable bonds is 5. The average Bonchev–Trinajstić information content (AvgIpc) is 3.41. The molecule has 1 saturated heterocycles. The molecule has 1 amide bonds. The van der Waals surface area contributed by atoms with Crippen LogP contribution in [-0.2, 0) is 16.4 Å². The number of pyridine rings is 2. The highest BCUT2D eigenvalue weighted by molar-refractivity contribution is 7.89. The van der Waals surface area contributed by atoms with Gasteiger partial charge in [0.15, 0.2) is 10.8 Å². The number of fused-ring (bicyclic) bond motifs is 6. The van der Waals surface area contributed by atoms with Crippen LogP contribution in [0.3, 0.4) is 0 Å². The molecule has 1 aliphatic carbocycles. The van der Waals surface area contributed by atoms with E-state index in [4.69, 9.17) is 9.72 Å².